The molecule has 0 radical (unpaired) electrons. The molecule has 1 unspecified atom stereocenters. The van der Waals surface area contributed by atoms with Gasteiger partial charge in [0.05, 0.1) is 96.3 Å². The molecule has 3 aromatic carbocycles. The van der Waals surface area contributed by atoms with E-state index in [4.69, 9.17) is 28.4 Å². The molecule has 12 rings (SSSR count). The zero-order valence-electron chi connectivity index (χ0n) is 50.8. The molecule has 6 aliphatic heterocycles. The Bertz CT molecular complexity index is 3470. The lowest BCUT2D eigenvalue weighted by atomic mass is 9.92. The summed E-state index contributed by atoms with van der Waals surface area (Å²) in [7, 11) is 4.03. The molecule has 0 spiro atoms. The summed E-state index contributed by atoms with van der Waals surface area (Å²) in [4.78, 5) is 97.5. The number of nitrogens with zero attached hydrogens (tertiary/aromatic N) is 9. The minimum absolute atomic E-state index is 0.0593. The van der Waals surface area contributed by atoms with E-state index in [-0.39, 0.29) is 112 Å². The van der Waals surface area contributed by atoms with Crippen LogP contribution in [0.15, 0.2) is 110 Å². The fraction of sp³-hybridized carbons (Fsp3) is 0.381. The first-order valence-corrected chi connectivity index (χ1v) is 29.2. The molecule has 6 aromatic rings. The Balaban J connectivity index is 0.000000157. The number of hydrogen-bond donors (Lipinski definition) is 0. The number of ether oxygens (including phenoxy) is 6. The van der Waals surface area contributed by atoms with Crippen molar-refractivity contribution in [3.63, 3.8) is 0 Å². The van der Waals surface area contributed by atoms with Crippen molar-refractivity contribution in [2.45, 2.75) is 56.3 Å². The number of amides is 6. The van der Waals surface area contributed by atoms with Crippen molar-refractivity contribution in [2.24, 2.45) is 17.8 Å². The predicted molar refractivity (Wildman–Crippen MR) is 310 cm³/mol. The maximum Gasteiger partial charge on any atom is 0.416 e. The number of hydrogen-bond acceptors (Lipinski definition) is 15. The smallest absolute Gasteiger partial charge is 0.416 e. The molecule has 0 saturated carbocycles. The van der Waals surface area contributed by atoms with Crippen molar-refractivity contribution in [3.05, 3.63) is 160 Å². The molecule has 21 nitrogen and oxygen atoms in total. The van der Waals surface area contributed by atoms with Gasteiger partial charge in [0.2, 0.25) is 17.7 Å². The van der Waals surface area contributed by atoms with Gasteiger partial charge in [0, 0.05) is 55.6 Å². The number of methoxy groups -OCH3 is 3. The van der Waals surface area contributed by atoms with E-state index in [1.807, 2.05) is 0 Å². The van der Waals surface area contributed by atoms with Crippen molar-refractivity contribution in [2.75, 3.05) is 95.3 Å². The molecule has 6 fully saturated rings. The highest BCUT2D eigenvalue weighted by atomic mass is 19.4. The van der Waals surface area contributed by atoms with Crippen molar-refractivity contribution >= 4 is 52.9 Å². The van der Waals surface area contributed by atoms with Crippen molar-refractivity contribution in [3.8, 4) is 17.2 Å². The van der Waals surface area contributed by atoms with Crippen LogP contribution in [0.2, 0.25) is 0 Å². The standard InChI is InChI=1S/3C21H19F4N3O4/c3*1-31-15-6-16(22)19(26-7-15)28-9-17(29)27(18(20(28)30)13-10-32-11-13)8-12-2-4-14(5-3-12)21(23,24)25/h3*2-7,13,18H,8-11H2,1H3/t2*18-;/m10./s1. The van der Waals surface area contributed by atoms with E-state index < -0.39 is 126 Å². The van der Waals surface area contributed by atoms with Gasteiger partial charge in [0.1, 0.15) is 55.0 Å². The third-order valence-electron chi connectivity index (χ3n) is 16.5. The van der Waals surface area contributed by atoms with E-state index >= 15 is 0 Å². The van der Waals surface area contributed by atoms with E-state index in [1.54, 1.807) is 0 Å². The summed E-state index contributed by atoms with van der Waals surface area (Å²) in [6.45, 7) is -0.0977. The summed E-state index contributed by atoms with van der Waals surface area (Å²) in [5, 5.41) is 0. The number of rotatable bonds is 15. The van der Waals surface area contributed by atoms with Crippen LogP contribution in [0.25, 0.3) is 0 Å². The van der Waals surface area contributed by atoms with Gasteiger partial charge in [-0.25, -0.2) is 28.1 Å². The lowest BCUT2D eigenvalue weighted by Gasteiger charge is -2.45. The van der Waals surface area contributed by atoms with Gasteiger partial charge in [-0.15, -0.1) is 0 Å². The topological polar surface area (TPSA) is 216 Å². The fourth-order valence-electron chi connectivity index (χ4n) is 11.2. The summed E-state index contributed by atoms with van der Waals surface area (Å²) in [6, 6.07) is 13.5. The Hall–Kier alpha value is -9.63. The third-order valence-corrected chi connectivity index (χ3v) is 16.5. The van der Waals surface area contributed by atoms with Crippen LogP contribution in [0, 0.1) is 35.2 Å². The molecular formula is C63H57F12N9O12. The van der Waals surface area contributed by atoms with E-state index in [0.29, 0.717) is 16.7 Å². The number of aromatic nitrogens is 3. The number of pyridine rings is 3. The molecule has 0 aliphatic carbocycles. The second-order valence-corrected chi connectivity index (χ2v) is 22.7. The molecule has 6 amide bonds. The summed E-state index contributed by atoms with van der Waals surface area (Å²) in [5.74, 6) is -6.77. The fourth-order valence-corrected chi connectivity index (χ4v) is 11.2. The van der Waals surface area contributed by atoms with Crippen LogP contribution in [0.3, 0.4) is 0 Å². The van der Waals surface area contributed by atoms with Gasteiger partial charge in [-0.3, -0.25) is 43.5 Å². The predicted octanol–water partition coefficient (Wildman–Crippen LogP) is 7.92. The molecule has 3 atom stereocenters. The highest BCUT2D eigenvalue weighted by Crippen LogP contribution is 2.38. The average molecular weight is 1360 g/mol. The van der Waals surface area contributed by atoms with Crippen LogP contribution >= 0.6 is 0 Å². The summed E-state index contributed by atoms with van der Waals surface area (Å²) in [5.41, 5.74) is -1.11. The molecule has 33 heteroatoms. The first-order valence-electron chi connectivity index (χ1n) is 29.2. The molecular weight excluding hydrogens is 1300 g/mol. The molecule has 6 aliphatic rings. The maximum absolute atomic E-state index is 14.5. The molecule has 510 valence electrons. The van der Waals surface area contributed by atoms with E-state index in [9.17, 15) is 81.5 Å². The molecule has 0 N–H and O–H groups in total. The Kier molecular flexibility index (Phi) is 20.4. The maximum atomic E-state index is 14.5. The highest BCUT2D eigenvalue weighted by molar-refractivity contribution is 6.08. The Morgan fingerprint density at radius 3 is 0.802 bits per heavy atom. The van der Waals surface area contributed by atoms with Crippen LogP contribution in [-0.2, 0) is 81.1 Å². The van der Waals surface area contributed by atoms with Gasteiger partial charge >= 0.3 is 18.5 Å². The van der Waals surface area contributed by atoms with Crippen LogP contribution in [0.1, 0.15) is 33.4 Å². The van der Waals surface area contributed by atoms with Gasteiger partial charge in [0.15, 0.2) is 34.9 Å². The second-order valence-electron chi connectivity index (χ2n) is 22.7. The van der Waals surface area contributed by atoms with Crippen LogP contribution < -0.4 is 28.9 Å². The molecule has 0 bridgehead atoms. The highest BCUT2D eigenvalue weighted by Gasteiger charge is 2.51. The quantitative estimate of drug-likeness (QED) is 0.0893. The molecule has 6 saturated heterocycles. The van der Waals surface area contributed by atoms with Crippen LogP contribution in [-0.4, -0.2) is 164 Å². The molecule has 3 aromatic heterocycles. The van der Waals surface area contributed by atoms with Gasteiger partial charge in [-0.2, -0.15) is 39.5 Å². The van der Waals surface area contributed by atoms with Crippen LogP contribution in [0.5, 0.6) is 17.2 Å². The van der Waals surface area contributed by atoms with Gasteiger partial charge < -0.3 is 43.1 Å². The SMILES string of the molecule is COc1cnc(N2CC(=O)N(Cc3ccc(C(F)(F)F)cc3)C(C3COC3)C2=O)c(F)c1.COc1cnc(N2CC(=O)N(Cc3ccc(C(F)(F)F)cc3)[C@@H](C3COC3)C2=O)c(F)c1.COc1cnc(N2CC(=O)N(Cc3ccc(C(F)(F)F)cc3)[C@H](C3COC3)C2=O)c(F)c1. The molecule has 96 heavy (non-hydrogen) atoms. The minimum Gasteiger partial charge on any atom is -0.495 e. The van der Waals surface area contributed by atoms with Crippen molar-refractivity contribution in [1.82, 2.24) is 29.7 Å². The van der Waals surface area contributed by atoms with Crippen LogP contribution in [0.4, 0.5) is 70.1 Å². The van der Waals surface area contributed by atoms with E-state index in [0.717, 1.165) is 69.3 Å². The van der Waals surface area contributed by atoms with Crippen molar-refractivity contribution < 1.29 is 110 Å². The number of halogens is 12. The zero-order valence-corrected chi connectivity index (χ0v) is 50.8. The van der Waals surface area contributed by atoms with E-state index in [1.165, 1.54) is 91.0 Å². The number of anilines is 3. The average Bonchev–Trinajstić information content (AvgIpc) is 0.774. The first kappa shape index (κ1) is 69.2. The summed E-state index contributed by atoms with van der Waals surface area (Å²) < 4.78 is 189. The van der Waals surface area contributed by atoms with E-state index in [2.05, 4.69) is 15.0 Å². The molecule has 9 heterocycles. The van der Waals surface area contributed by atoms with Gasteiger partial charge in [-0.05, 0) is 53.1 Å². The zero-order chi connectivity index (χ0) is 69.1. The minimum atomic E-state index is -4.48. The largest absolute Gasteiger partial charge is 0.495 e. The Morgan fingerprint density at radius 1 is 0.396 bits per heavy atom. The monoisotopic (exact) mass is 1360 g/mol. The number of benzene rings is 3. The Morgan fingerprint density at radius 2 is 0.625 bits per heavy atom. The van der Waals surface area contributed by atoms with Gasteiger partial charge in [-0.1, -0.05) is 36.4 Å². The number of carbonyl (C=O) groups is 6. The van der Waals surface area contributed by atoms with Gasteiger partial charge in [0.25, 0.3) is 17.7 Å². The first-order chi connectivity index (χ1) is 45.6. The number of carbonyl (C=O) groups excluding carboxylic acids is 6. The number of alkyl halides is 9. The van der Waals surface area contributed by atoms with Crippen molar-refractivity contribution in [1.29, 1.82) is 0 Å². The normalized spacial score (nSPS) is 19.8. The summed E-state index contributed by atoms with van der Waals surface area (Å²) in [6.07, 6.45) is -9.70. The number of piperazine rings is 3. The summed E-state index contributed by atoms with van der Waals surface area (Å²) >= 11 is 0. The third kappa shape index (κ3) is 15.1. The Labute approximate surface area is 537 Å². The second kappa shape index (κ2) is 28.4. The lowest BCUT2D eigenvalue weighted by molar-refractivity contribution is -0.155. The lowest BCUT2D eigenvalue weighted by Crippen LogP contribution is -2.65.